The van der Waals surface area contributed by atoms with Gasteiger partial charge in [-0.1, -0.05) is 28.8 Å². The molecule has 2 aromatic heterocycles. The number of azide groups is 1. The first-order valence-electron chi connectivity index (χ1n) is 11.2. The van der Waals surface area contributed by atoms with E-state index in [0.29, 0.717) is 35.5 Å². The van der Waals surface area contributed by atoms with E-state index in [2.05, 4.69) is 24.9 Å². The van der Waals surface area contributed by atoms with Crippen LogP contribution in [0, 0.1) is 0 Å². The van der Waals surface area contributed by atoms with Gasteiger partial charge in [-0.2, -0.15) is 18.2 Å². The molecule has 1 unspecified atom stereocenters. The molecule has 0 aliphatic carbocycles. The summed E-state index contributed by atoms with van der Waals surface area (Å²) < 4.78 is 40.4. The van der Waals surface area contributed by atoms with Gasteiger partial charge in [0.25, 0.3) is 0 Å². The van der Waals surface area contributed by atoms with Crippen LogP contribution in [0.25, 0.3) is 21.5 Å². The predicted octanol–water partition coefficient (Wildman–Crippen LogP) is 4.95. The number of pyridine rings is 1. The first-order chi connectivity index (χ1) is 17.0. The molecule has 3 heterocycles. The van der Waals surface area contributed by atoms with Crippen LogP contribution in [0.4, 0.5) is 19.0 Å². The van der Waals surface area contributed by atoms with Crippen molar-refractivity contribution in [3.05, 3.63) is 73.6 Å². The van der Waals surface area contributed by atoms with Crippen molar-refractivity contribution in [2.75, 3.05) is 24.5 Å². The highest BCUT2D eigenvalue weighted by molar-refractivity contribution is 6.29. The van der Waals surface area contributed by atoms with Gasteiger partial charge in [-0.15, -0.1) is 0 Å². The molecular weight excluding hydrogens is 497 g/mol. The van der Waals surface area contributed by atoms with Gasteiger partial charge in [0, 0.05) is 49.7 Å². The highest BCUT2D eigenvalue weighted by Gasteiger charge is 2.37. The van der Waals surface area contributed by atoms with E-state index in [9.17, 15) is 18.0 Å². The molecule has 190 valence electrons. The smallest absolute Gasteiger partial charge is 0.349 e. The Morgan fingerprint density at radius 3 is 2.53 bits per heavy atom. The van der Waals surface area contributed by atoms with Gasteiger partial charge in [-0.3, -0.25) is 9.47 Å². The zero-order valence-electron chi connectivity index (χ0n) is 19.8. The molecule has 1 aliphatic rings. The van der Waals surface area contributed by atoms with Crippen molar-refractivity contribution in [1.29, 1.82) is 0 Å². The first-order valence-corrected chi connectivity index (χ1v) is 11.6. The second-order valence-corrected chi connectivity index (χ2v) is 9.23. The van der Waals surface area contributed by atoms with Crippen molar-refractivity contribution in [3.8, 4) is 0 Å². The molecule has 13 heteroatoms. The van der Waals surface area contributed by atoms with E-state index < -0.39 is 17.4 Å². The Morgan fingerprint density at radius 1 is 1.19 bits per heavy atom. The van der Waals surface area contributed by atoms with Crippen molar-refractivity contribution in [3.63, 3.8) is 0 Å². The van der Waals surface area contributed by atoms with Crippen LogP contribution >= 0.6 is 11.6 Å². The maximum absolute atomic E-state index is 13.0. The molecule has 1 saturated heterocycles. The van der Waals surface area contributed by atoms with E-state index in [1.54, 1.807) is 19.2 Å². The summed E-state index contributed by atoms with van der Waals surface area (Å²) in [5.74, 6) is 0.385. The summed E-state index contributed by atoms with van der Waals surface area (Å²) in [6, 6.07) is 7.69. The quantitative estimate of drug-likeness (QED) is 0.205. The number of alkyl halides is 3. The van der Waals surface area contributed by atoms with E-state index in [-0.39, 0.29) is 29.8 Å². The Kier molecular flexibility index (Phi) is 7.12. The molecule has 36 heavy (non-hydrogen) atoms. The number of fused-ring (bicyclic) bond motifs is 1. The van der Waals surface area contributed by atoms with Gasteiger partial charge in [-0.05, 0) is 49.2 Å². The minimum Gasteiger partial charge on any atom is -0.349 e. The lowest BCUT2D eigenvalue weighted by Crippen LogP contribution is -2.59. The summed E-state index contributed by atoms with van der Waals surface area (Å²) in [5.41, 5.74) is 9.56. The summed E-state index contributed by atoms with van der Waals surface area (Å²) in [6.45, 7) is 4.83. The number of aryl methyl sites for hydroxylation is 1. The first kappa shape index (κ1) is 25.7. The molecule has 0 bridgehead atoms. The lowest BCUT2D eigenvalue weighted by Gasteiger charge is -2.48. The van der Waals surface area contributed by atoms with Gasteiger partial charge in [0.05, 0.1) is 11.1 Å². The molecule has 0 spiro atoms. The molecule has 1 fully saturated rings. The fraction of sp³-hybridized carbons (Fsp3) is 0.435. The fourth-order valence-electron chi connectivity index (χ4n) is 4.65. The second kappa shape index (κ2) is 9.96. The van der Waals surface area contributed by atoms with Crippen LogP contribution in [0.1, 0.15) is 31.0 Å². The maximum atomic E-state index is 13.0. The van der Waals surface area contributed by atoms with Crippen molar-refractivity contribution in [2.45, 2.75) is 38.1 Å². The summed E-state index contributed by atoms with van der Waals surface area (Å²) >= 11 is 6.15. The van der Waals surface area contributed by atoms with Crippen LogP contribution in [0.3, 0.4) is 0 Å². The highest BCUT2D eigenvalue weighted by Crippen LogP contribution is 2.34. The van der Waals surface area contributed by atoms with Crippen LogP contribution in [0.15, 0.2) is 46.3 Å². The summed E-state index contributed by atoms with van der Waals surface area (Å²) in [5, 5.41) is 4.03. The van der Waals surface area contributed by atoms with Crippen LogP contribution < -0.4 is 10.6 Å². The Labute approximate surface area is 209 Å². The van der Waals surface area contributed by atoms with Gasteiger partial charge in [0.1, 0.15) is 10.7 Å². The average molecular weight is 521 g/mol. The molecule has 3 aromatic rings. The lowest BCUT2D eigenvalue weighted by molar-refractivity contribution is -0.137. The number of anilines is 1. The van der Waals surface area contributed by atoms with Crippen molar-refractivity contribution < 1.29 is 13.2 Å². The molecule has 0 saturated carbocycles. The zero-order chi connectivity index (χ0) is 26.2. The number of benzene rings is 1. The zero-order valence-corrected chi connectivity index (χ0v) is 20.6. The molecular formula is C23H24ClF3N8O. The minimum atomic E-state index is -4.41. The maximum Gasteiger partial charge on any atom is 0.416 e. The van der Waals surface area contributed by atoms with E-state index in [1.807, 2.05) is 18.7 Å². The molecule has 1 aliphatic heterocycles. The predicted molar refractivity (Wildman–Crippen MR) is 131 cm³/mol. The number of piperazine rings is 1. The second-order valence-electron chi connectivity index (χ2n) is 8.84. The molecule has 4 rings (SSSR count). The average Bonchev–Trinajstić information content (AvgIpc) is 2.84. The Bertz CT molecular complexity index is 1370. The molecule has 0 radical (unpaired) electrons. The lowest BCUT2D eigenvalue weighted by atomic mass is 9.99. The van der Waals surface area contributed by atoms with Crippen molar-refractivity contribution in [2.24, 2.45) is 12.2 Å². The highest BCUT2D eigenvalue weighted by atomic mass is 35.5. The number of nitrogens with zero attached hydrogens (tertiary/aromatic N) is 8. The number of hydrogen-bond donors (Lipinski definition) is 0. The summed E-state index contributed by atoms with van der Waals surface area (Å²) in [6.07, 6.45) is -4.41. The number of halogens is 4. The molecule has 0 N–H and O–H groups in total. The Morgan fingerprint density at radius 2 is 1.89 bits per heavy atom. The van der Waals surface area contributed by atoms with E-state index in [4.69, 9.17) is 17.1 Å². The van der Waals surface area contributed by atoms with Gasteiger partial charge in [0.2, 0.25) is 0 Å². The van der Waals surface area contributed by atoms with E-state index >= 15 is 0 Å². The monoisotopic (exact) mass is 520 g/mol. The number of hydrogen-bond acceptors (Lipinski definition) is 6. The molecule has 0 amide bonds. The van der Waals surface area contributed by atoms with E-state index in [1.165, 1.54) is 16.7 Å². The van der Waals surface area contributed by atoms with Gasteiger partial charge in [-0.25, -0.2) is 9.78 Å². The molecule has 9 nitrogen and oxygen atoms in total. The summed E-state index contributed by atoms with van der Waals surface area (Å²) in [7, 11) is 1.61. The van der Waals surface area contributed by atoms with Gasteiger partial charge >= 0.3 is 11.9 Å². The Hall–Kier alpha value is -3.34. The van der Waals surface area contributed by atoms with E-state index in [0.717, 1.165) is 12.1 Å². The van der Waals surface area contributed by atoms with Gasteiger partial charge in [0.15, 0.2) is 5.82 Å². The van der Waals surface area contributed by atoms with Crippen LogP contribution in [0.5, 0.6) is 0 Å². The van der Waals surface area contributed by atoms with Crippen LogP contribution in [0.2, 0.25) is 5.15 Å². The molecule has 3 atom stereocenters. The van der Waals surface area contributed by atoms with Crippen molar-refractivity contribution >= 4 is 28.5 Å². The topological polar surface area (TPSA) is 103 Å². The number of rotatable bonds is 5. The third-order valence-corrected chi connectivity index (χ3v) is 6.84. The van der Waals surface area contributed by atoms with Crippen LogP contribution in [-0.2, 0) is 13.2 Å². The minimum absolute atomic E-state index is 0.127. The third-order valence-electron chi connectivity index (χ3n) is 6.63. The number of aromatic nitrogens is 3. The SMILES string of the molecule is CC(c1ccc(C(F)(F)F)cc1)N1C[C@H](C)N(c2nc(=O)n(C)c3ccc(Cl)nc23)C[C@H]1CN=[N+]=[N-]. The van der Waals surface area contributed by atoms with Crippen molar-refractivity contribution in [1.82, 2.24) is 19.4 Å². The largest absolute Gasteiger partial charge is 0.416 e. The van der Waals surface area contributed by atoms with Gasteiger partial charge < -0.3 is 4.90 Å². The third kappa shape index (κ3) is 4.97. The Balaban J connectivity index is 1.70. The summed E-state index contributed by atoms with van der Waals surface area (Å²) in [4.78, 5) is 28.2. The normalized spacial score (nSPS) is 19.8. The van der Waals surface area contributed by atoms with Crippen LogP contribution in [-0.4, -0.2) is 51.2 Å². The molecule has 1 aromatic carbocycles. The fourth-order valence-corrected chi connectivity index (χ4v) is 4.80. The standard InChI is InChI=1S/C23H24ClF3N8O/c1-13-11-35(14(2)15-4-6-16(7-5-15)23(25,26)27)17(10-29-32-28)12-34(13)21-20-18(8-9-19(24)30-20)33(3)22(36)31-21/h4-9,13-14,17H,10-12H2,1-3H3/t13-,14?,17+/m0/s1.